The second kappa shape index (κ2) is 7.49. The fourth-order valence-corrected chi connectivity index (χ4v) is 2.48. The molecule has 0 atom stereocenters. The average Bonchev–Trinajstić information content (AvgIpc) is 2.65. The Bertz CT molecular complexity index is 898. The van der Waals surface area contributed by atoms with Crippen molar-refractivity contribution in [3.05, 3.63) is 77.9 Å². The van der Waals surface area contributed by atoms with E-state index in [1.165, 1.54) is 12.1 Å². The molecule has 5 heteroatoms. The number of carbonyl (C=O) groups is 2. The van der Waals surface area contributed by atoms with Crippen LogP contribution in [0.3, 0.4) is 0 Å². The third-order valence-corrected chi connectivity index (χ3v) is 3.80. The molecule has 0 fully saturated rings. The van der Waals surface area contributed by atoms with E-state index in [9.17, 15) is 9.59 Å². The number of ether oxygens (including phenoxy) is 1. The van der Waals surface area contributed by atoms with Gasteiger partial charge >= 0.3 is 5.97 Å². The maximum Gasteiger partial charge on any atom is 0.335 e. The molecule has 5 nitrogen and oxygen atoms in total. The monoisotopic (exact) mass is 335 g/mol. The molecule has 0 aromatic heterocycles. The van der Waals surface area contributed by atoms with Gasteiger partial charge in [-0.15, -0.1) is 0 Å². The summed E-state index contributed by atoms with van der Waals surface area (Å²) in [5.74, 6) is -0.548. The summed E-state index contributed by atoms with van der Waals surface area (Å²) in [6.45, 7) is 0.235. The highest BCUT2D eigenvalue weighted by Gasteiger charge is 2.06. The lowest BCUT2D eigenvalue weighted by Gasteiger charge is -2.10. The van der Waals surface area contributed by atoms with Crippen molar-refractivity contribution in [2.45, 2.75) is 6.54 Å². The van der Waals surface area contributed by atoms with E-state index in [-0.39, 0.29) is 18.1 Å². The molecule has 0 aliphatic rings. The van der Waals surface area contributed by atoms with Crippen molar-refractivity contribution in [3.63, 3.8) is 0 Å². The summed E-state index contributed by atoms with van der Waals surface area (Å²) in [5, 5.41) is 13.6. The first-order valence-corrected chi connectivity index (χ1v) is 7.83. The van der Waals surface area contributed by atoms with Gasteiger partial charge in [0.05, 0.1) is 5.56 Å². The Morgan fingerprint density at radius 3 is 2.40 bits per heavy atom. The Morgan fingerprint density at radius 2 is 1.64 bits per heavy atom. The highest BCUT2D eigenvalue weighted by atomic mass is 16.5. The molecular formula is C20H17NO4. The summed E-state index contributed by atoms with van der Waals surface area (Å²) >= 11 is 0. The van der Waals surface area contributed by atoms with Crippen molar-refractivity contribution >= 4 is 22.6 Å². The van der Waals surface area contributed by atoms with Gasteiger partial charge in [0.25, 0.3) is 5.91 Å². The zero-order valence-corrected chi connectivity index (χ0v) is 13.4. The first-order chi connectivity index (χ1) is 12.1. The van der Waals surface area contributed by atoms with Crippen LogP contribution in [0, 0.1) is 0 Å². The van der Waals surface area contributed by atoms with Crippen molar-refractivity contribution in [3.8, 4) is 5.75 Å². The number of hydrogen-bond acceptors (Lipinski definition) is 3. The van der Waals surface area contributed by atoms with E-state index in [4.69, 9.17) is 9.84 Å². The third-order valence-electron chi connectivity index (χ3n) is 3.80. The number of hydrogen-bond donors (Lipinski definition) is 2. The van der Waals surface area contributed by atoms with E-state index in [1.807, 2.05) is 42.5 Å². The highest BCUT2D eigenvalue weighted by Crippen LogP contribution is 2.24. The summed E-state index contributed by atoms with van der Waals surface area (Å²) in [5.41, 5.74) is 1.04. The molecule has 0 aliphatic carbocycles. The number of nitrogens with one attached hydrogen (secondary N) is 1. The molecule has 0 radical (unpaired) electrons. The lowest BCUT2D eigenvalue weighted by Crippen LogP contribution is -2.28. The van der Waals surface area contributed by atoms with Gasteiger partial charge in [-0.3, -0.25) is 4.79 Å². The molecule has 0 spiro atoms. The number of fused-ring (bicyclic) bond motifs is 1. The van der Waals surface area contributed by atoms with E-state index in [0.717, 1.165) is 16.3 Å². The molecule has 0 heterocycles. The van der Waals surface area contributed by atoms with Gasteiger partial charge in [0.15, 0.2) is 6.61 Å². The number of carbonyl (C=O) groups excluding carboxylic acids is 1. The predicted molar refractivity (Wildman–Crippen MR) is 94.7 cm³/mol. The minimum Gasteiger partial charge on any atom is -0.483 e. The van der Waals surface area contributed by atoms with Crippen LogP contribution in [0.1, 0.15) is 15.9 Å². The van der Waals surface area contributed by atoms with Crippen LogP contribution in [0.4, 0.5) is 0 Å². The first kappa shape index (κ1) is 16.5. The molecule has 0 saturated heterocycles. The Morgan fingerprint density at radius 1 is 0.920 bits per heavy atom. The van der Waals surface area contributed by atoms with Crippen LogP contribution < -0.4 is 10.1 Å². The summed E-state index contributed by atoms with van der Waals surface area (Å²) in [4.78, 5) is 22.8. The molecule has 0 unspecified atom stereocenters. The highest BCUT2D eigenvalue weighted by molar-refractivity contribution is 5.89. The molecule has 126 valence electrons. The van der Waals surface area contributed by atoms with Gasteiger partial charge in [0.1, 0.15) is 5.75 Å². The predicted octanol–water partition coefficient (Wildman–Crippen LogP) is 3.23. The SMILES string of the molecule is O=C(COc1cccc2ccccc12)NCc1ccc(C(=O)O)cc1. The lowest BCUT2D eigenvalue weighted by molar-refractivity contribution is -0.123. The third kappa shape index (κ3) is 4.14. The van der Waals surface area contributed by atoms with Crippen LogP contribution in [-0.4, -0.2) is 23.6 Å². The van der Waals surface area contributed by atoms with Crippen LogP contribution in [0.5, 0.6) is 5.75 Å². The van der Waals surface area contributed by atoms with Gasteiger partial charge in [-0.05, 0) is 29.1 Å². The zero-order valence-electron chi connectivity index (χ0n) is 13.4. The van der Waals surface area contributed by atoms with Gasteiger partial charge in [-0.2, -0.15) is 0 Å². The fourth-order valence-electron chi connectivity index (χ4n) is 2.48. The Kier molecular flexibility index (Phi) is 4.95. The van der Waals surface area contributed by atoms with E-state index in [2.05, 4.69) is 5.32 Å². The van der Waals surface area contributed by atoms with E-state index in [0.29, 0.717) is 12.3 Å². The second-order valence-electron chi connectivity index (χ2n) is 5.54. The van der Waals surface area contributed by atoms with Gasteiger partial charge in [-0.1, -0.05) is 48.5 Å². The van der Waals surface area contributed by atoms with Crippen molar-refractivity contribution in [1.29, 1.82) is 0 Å². The number of benzene rings is 3. The Hall–Kier alpha value is -3.34. The Labute approximate surface area is 144 Å². The minimum absolute atomic E-state index is 0.0821. The van der Waals surface area contributed by atoms with E-state index < -0.39 is 5.97 Å². The topological polar surface area (TPSA) is 75.6 Å². The normalized spacial score (nSPS) is 10.4. The number of aromatic carboxylic acids is 1. The maximum atomic E-state index is 12.0. The molecule has 0 bridgehead atoms. The van der Waals surface area contributed by atoms with Gasteiger partial charge in [0.2, 0.25) is 0 Å². The van der Waals surface area contributed by atoms with Crippen LogP contribution in [0.25, 0.3) is 10.8 Å². The van der Waals surface area contributed by atoms with Gasteiger partial charge < -0.3 is 15.2 Å². The lowest BCUT2D eigenvalue weighted by atomic mass is 10.1. The summed E-state index contributed by atoms with van der Waals surface area (Å²) < 4.78 is 5.63. The van der Waals surface area contributed by atoms with Crippen LogP contribution >= 0.6 is 0 Å². The largest absolute Gasteiger partial charge is 0.483 e. The number of amides is 1. The molecule has 2 N–H and O–H groups in total. The number of carboxylic acids is 1. The van der Waals surface area contributed by atoms with Crippen LogP contribution in [0.15, 0.2) is 66.7 Å². The summed E-state index contributed by atoms with van der Waals surface area (Å²) in [6.07, 6.45) is 0. The molecule has 3 aromatic carbocycles. The molecule has 0 aliphatic heterocycles. The minimum atomic E-state index is -0.973. The quantitative estimate of drug-likeness (QED) is 0.725. The molecule has 0 saturated carbocycles. The molecule has 1 amide bonds. The van der Waals surface area contributed by atoms with E-state index >= 15 is 0 Å². The second-order valence-corrected chi connectivity index (χ2v) is 5.54. The zero-order chi connectivity index (χ0) is 17.6. The van der Waals surface area contributed by atoms with E-state index in [1.54, 1.807) is 12.1 Å². The first-order valence-electron chi connectivity index (χ1n) is 7.83. The molecular weight excluding hydrogens is 318 g/mol. The average molecular weight is 335 g/mol. The van der Waals surface area contributed by atoms with Crippen molar-refractivity contribution < 1.29 is 19.4 Å². The van der Waals surface area contributed by atoms with Crippen molar-refractivity contribution in [2.24, 2.45) is 0 Å². The van der Waals surface area contributed by atoms with Gasteiger partial charge in [-0.25, -0.2) is 4.79 Å². The molecule has 3 aromatic rings. The van der Waals surface area contributed by atoms with Crippen LogP contribution in [-0.2, 0) is 11.3 Å². The summed E-state index contributed by atoms with van der Waals surface area (Å²) in [6, 6.07) is 19.9. The van der Waals surface area contributed by atoms with Crippen LogP contribution in [0.2, 0.25) is 0 Å². The maximum absolute atomic E-state index is 12.0. The standard InChI is InChI=1S/C20H17NO4/c22-19(21-12-14-8-10-16(11-9-14)20(23)24)13-25-18-7-3-5-15-4-1-2-6-17(15)18/h1-11H,12-13H2,(H,21,22)(H,23,24). The number of rotatable bonds is 6. The summed E-state index contributed by atoms with van der Waals surface area (Å²) in [7, 11) is 0. The molecule has 25 heavy (non-hydrogen) atoms. The van der Waals surface area contributed by atoms with Gasteiger partial charge in [0, 0.05) is 11.9 Å². The Balaban J connectivity index is 1.55. The number of carboxylic acid groups (broad SMARTS) is 1. The van der Waals surface area contributed by atoms with Crippen molar-refractivity contribution in [1.82, 2.24) is 5.32 Å². The molecule has 3 rings (SSSR count). The fraction of sp³-hybridized carbons (Fsp3) is 0.100. The smallest absolute Gasteiger partial charge is 0.335 e. The van der Waals surface area contributed by atoms with Crippen molar-refractivity contribution in [2.75, 3.05) is 6.61 Å².